The molecule has 0 fully saturated rings. The average Bonchev–Trinajstić information content (AvgIpc) is 2.34. The Labute approximate surface area is 60.1 Å². The lowest BCUT2D eigenvalue weighted by molar-refractivity contribution is -0.671. The minimum atomic E-state index is -0.0683. The summed E-state index contributed by atoms with van der Waals surface area (Å²) in [6, 6.07) is 2.08. The van der Waals surface area contributed by atoms with Crippen LogP contribution in [0.5, 0.6) is 0 Å². The minimum Gasteiger partial charge on any atom is -0.240 e. The van der Waals surface area contributed by atoms with Gasteiger partial charge >= 0.3 is 0 Å². The Balaban J connectivity index is 2.87. The van der Waals surface area contributed by atoms with Gasteiger partial charge in [-0.2, -0.15) is 5.26 Å². The largest absolute Gasteiger partial charge is 0.244 e. The number of aryl methyl sites for hydroxylation is 1. The summed E-state index contributed by atoms with van der Waals surface area (Å²) in [6.07, 6.45) is 5.68. The fraction of sp³-hybridized carbons (Fsp3) is 0.429. The molecule has 0 aliphatic rings. The van der Waals surface area contributed by atoms with Crippen LogP contribution in [-0.2, 0) is 7.05 Å². The maximum Gasteiger partial charge on any atom is 0.244 e. The van der Waals surface area contributed by atoms with E-state index < -0.39 is 0 Å². The number of aromatic nitrogens is 2. The van der Waals surface area contributed by atoms with Gasteiger partial charge in [-0.05, 0) is 6.92 Å². The van der Waals surface area contributed by atoms with Gasteiger partial charge in [0.1, 0.15) is 18.5 Å². The molecule has 1 aromatic rings. The van der Waals surface area contributed by atoms with E-state index in [-0.39, 0.29) is 6.04 Å². The van der Waals surface area contributed by atoms with Crippen LogP contribution in [0.3, 0.4) is 0 Å². The molecule has 0 aliphatic heterocycles. The van der Waals surface area contributed by atoms with Crippen molar-refractivity contribution < 1.29 is 4.57 Å². The molecule has 0 amide bonds. The van der Waals surface area contributed by atoms with Crippen LogP contribution >= 0.6 is 0 Å². The molecular weight excluding hydrogens is 126 g/mol. The van der Waals surface area contributed by atoms with Crippen molar-refractivity contribution in [2.45, 2.75) is 13.0 Å². The van der Waals surface area contributed by atoms with Gasteiger partial charge in [0.2, 0.25) is 6.33 Å². The summed E-state index contributed by atoms with van der Waals surface area (Å²) in [6.45, 7) is 1.86. The lowest BCUT2D eigenvalue weighted by Gasteiger charge is -1.92. The summed E-state index contributed by atoms with van der Waals surface area (Å²) in [4.78, 5) is 0. The van der Waals surface area contributed by atoms with Crippen LogP contribution in [0.4, 0.5) is 0 Å². The molecule has 0 N–H and O–H groups in total. The summed E-state index contributed by atoms with van der Waals surface area (Å²) < 4.78 is 3.77. The molecule has 0 saturated heterocycles. The SMILES string of the molecule is C[C@@H](C#N)n1cc[n+](C)c1. The third kappa shape index (κ3) is 1.16. The van der Waals surface area contributed by atoms with E-state index in [0.29, 0.717) is 0 Å². The molecule has 1 heterocycles. The fourth-order valence-corrected chi connectivity index (χ4v) is 0.765. The van der Waals surface area contributed by atoms with Gasteiger partial charge in [-0.25, -0.2) is 9.13 Å². The van der Waals surface area contributed by atoms with Crippen LogP contribution in [0.2, 0.25) is 0 Å². The molecule has 0 spiro atoms. The van der Waals surface area contributed by atoms with Gasteiger partial charge in [0.15, 0.2) is 6.04 Å². The molecule has 1 atom stereocenters. The lowest BCUT2D eigenvalue weighted by Crippen LogP contribution is -2.24. The normalized spacial score (nSPS) is 12.5. The molecule has 1 rings (SSSR count). The molecule has 0 aliphatic carbocycles. The highest BCUT2D eigenvalue weighted by Gasteiger charge is 2.06. The van der Waals surface area contributed by atoms with Crippen molar-refractivity contribution in [2.24, 2.45) is 7.05 Å². The van der Waals surface area contributed by atoms with Crippen molar-refractivity contribution >= 4 is 0 Å². The maximum absolute atomic E-state index is 8.52. The van der Waals surface area contributed by atoms with E-state index in [1.807, 2.05) is 41.8 Å². The molecule has 10 heavy (non-hydrogen) atoms. The molecule has 0 radical (unpaired) electrons. The molecule has 0 saturated carbocycles. The molecule has 0 aromatic carbocycles. The summed E-state index contributed by atoms with van der Waals surface area (Å²) in [7, 11) is 1.93. The minimum absolute atomic E-state index is 0.0683. The second kappa shape index (κ2) is 2.53. The summed E-state index contributed by atoms with van der Waals surface area (Å²) in [5.41, 5.74) is 0. The molecule has 52 valence electrons. The van der Waals surface area contributed by atoms with Gasteiger partial charge in [0, 0.05) is 0 Å². The van der Waals surface area contributed by atoms with E-state index in [1.165, 1.54) is 0 Å². The van der Waals surface area contributed by atoms with E-state index in [0.717, 1.165) is 0 Å². The molecule has 3 heteroatoms. The zero-order chi connectivity index (χ0) is 7.56. The smallest absolute Gasteiger partial charge is 0.240 e. The number of nitriles is 1. The van der Waals surface area contributed by atoms with Gasteiger partial charge in [0.05, 0.1) is 7.05 Å². The second-order valence-corrected chi connectivity index (χ2v) is 2.33. The molecule has 0 unspecified atom stereocenters. The Kier molecular flexibility index (Phi) is 1.72. The predicted molar refractivity (Wildman–Crippen MR) is 35.9 cm³/mol. The van der Waals surface area contributed by atoms with Crippen molar-refractivity contribution in [3.63, 3.8) is 0 Å². The van der Waals surface area contributed by atoms with Crippen LogP contribution in [0.25, 0.3) is 0 Å². The number of hydrogen-bond acceptors (Lipinski definition) is 1. The number of nitrogens with zero attached hydrogens (tertiary/aromatic N) is 3. The predicted octanol–water partition coefficient (Wildman–Crippen LogP) is 0.397. The maximum atomic E-state index is 8.52. The highest BCUT2D eigenvalue weighted by Crippen LogP contribution is 1.99. The monoisotopic (exact) mass is 136 g/mol. The van der Waals surface area contributed by atoms with E-state index >= 15 is 0 Å². The third-order valence-electron chi connectivity index (χ3n) is 1.42. The van der Waals surface area contributed by atoms with Gasteiger partial charge in [-0.1, -0.05) is 0 Å². The Morgan fingerprint density at radius 2 is 2.40 bits per heavy atom. The molecule has 0 bridgehead atoms. The van der Waals surface area contributed by atoms with Crippen molar-refractivity contribution in [2.75, 3.05) is 0 Å². The molecule has 1 aromatic heterocycles. The van der Waals surface area contributed by atoms with Gasteiger partial charge in [-0.15, -0.1) is 0 Å². The summed E-state index contributed by atoms with van der Waals surface area (Å²) in [5, 5.41) is 8.52. The topological polar surface area (TPSA) is 32.6 Å². The van der Waals surface area contributed by atoms with Crippen molar-refractivity contribution in [1.82, 2.24) is 4.57 Å². The standard InChI is InChI=1S/C7H10N3/c1-7(5-8)10-4-3-9(2)6-10/h3-4,6-7H,1-2H3/q+1/t7-/m0/s1. The lowest BCUT2D eigenvalue weighted by atomic mass is 10.4. The quantitative estimate of drug-likeness (QED) is 0.514. The summed E-state index contributed by atoms with van der Waals surface area (Å²) in [5.74, 6) is 0. The Morgan fingerprint density at radius 3 is 2.80 bits per heavy atom. The molecule has 3 nitrogen and oxygen atoms in total. The third-order valence-corrected chi connectivity index (χ3v) is 1.42. The van der Waals surface area contributed by atoms with Crippen LogP contribution in [0.1, 0.15) is 13.0 Å². The Morgan fingerprint density at radius 1 is 1.70 bits per heavy atom. The van der Waals surface area contributed by atoms with Gasteiger partial charge < -0.3 is 0 Å². The first-order chi connectivity index (χ1) is 4.74. The number of rotatable bonds is 1. The first-order valence-corrected chi connectivity index (χ1v) is 3.16. The second-order valence-electron chi connectivity index (χ2n) is 2.33. The molecular formula is C7H10N3+. The highest BCUT2D eigenvalue weighted by molar-refractivity contribution is 4.87. The van der Waals surface area contributed by atoms with E-state index in [2.05, 4.69) is 6.07 Å². The average molecular weight is 136 g/mol. The van der Waals surface area contributed by atoms with Crippen molar-refractivity contribution in [1.29, 1.82) is 5.26 Å². The van der Waals surface area contributed by atoms with Crippen molar-refractivity contribution in [3.8, 4) is 6.07 Å². The Hall–Kier alpha value is -1.30. The van der Waals surface area contributed by atoms with Gasteiger partial charge in [-0.3, -0.25) is 0 Å². The first-order valence-electron chi connectivity index (χ1n) is 3.16. The van der Waals surface area contributed by atoms with Gasteiger partial charge in [0.25, 0.3) is 0 Å². The van der Waals surface area contributed by atoms with Crippen LogP contribution in [0.15, 0.2) is 18.7 Å². The fourth-order valence-electron chi connectivity index (χ4n) is 0.765. The van der Waals surface area contributed by atoms with E-state index in [4.69, 9.17) is 5.26 Å². The zero-order valence-corrected chi connectivity index (χ0v) is 6.15. The van der Waals surface area contributed by atoms with Crippen LogP contribution in [0, 0.1) is 11.3 Å². The summed E-state index contributed by atoms with van der Waals surface area (Å²) >= 11 is 0. The Bertz CT molecular complexity index is 256. The van der Waals surface area contributed by atoms with E-state index in [1.54, 1.807) is 0 Å². The van der Waals surface area contributed by atoms with Crippen LogP contribution < -0.4 is 4.57 Å². The first kappa shape index (κ1) is 6.81. The zero-order valence-electron chi connectivity index (χ0n) is 6.15. The van der Waals surface area contributed by atoms with Crippen molar-refractivity contribution in [3.05, 3.63) is 18.7 Å². The number of imidazole rings is 1. The highest BCUT2D eigenvalue weighted by atomic mass is 15.1. The number of hydrogen-bond donors (Lipinski definition) is 0. The van der Waals surface area contributed by atoms with Crippen LogP contribution in [-0.4, -0.2) is 4.57 Å². The van der Waals surface area contributed by atoms with E-state index in [9.17, 15) is 0 Å².